The minimum atomic E-state index is 0.121. The lowest BCUT2D eigenvalue weighted by Gasteiger charge is -2.16. The highest BCUT2D eigenvalue weighted by Crippen LogP contribution is 2.12. The molecule has 0 fully saturated rings. The zero-order valence-corrected chi connectivity index (χ0v) is 7.62. The van der Waals surface area contributed by atoms with Gasteiger partial charge in [0, 0.05) is 19.3 Å². The van der Waals surface area contributed by atoms with E-state index in [1.54, 1.807) is 0 Å². The highest BCUT2D eigenvalue weighted by Gasteiger charge is 1.96. The summed E-state index contributed by atoms with van der Waals surface area (Å²) in [4.78, 5) is 2.15. The molecule has 2 heteroatoms. The molecule has 1 aromatic rings. The van der Waals surface area contributed by atoms with E-state index in [4.69, 9.17) is 5.11 Å². The lowest BCUT2D eigenvalue weighted by atomic mass is 10.2. The summed E-state index contributed by atoms with van der Waals surface area (Å²) >= 11 is 0. The normalized spacial score (nSPS) is 9.92. The molecule has 0 bridgehead atoms. The van der Waals surface area contributed by atoms with E-state index in [1.165, 1.54) is 5.69 Å². The van der Waals surface area contributed by atoms with Crippen LogP contribution in [0.1, 0.15) is 12.5 Å². The Labute approximate surface area is 73.4 Å². The van der Waals surface area contributed by atoms with Gasteiger partial charge in [0.05, 0.1) is 6.61 Å². The topological polar surface area (TPSA) is 23.5 Å². The Balaban J connectivity index is 2.77. The summed E-state index contributed by atoms with van der Waals surface area (Å²) in [6.07, 6.45) is 0. The Morgan fingerprint density at radius 3 is 2.25 bits per heavy atom. The van der Waals surface area contributed by atoms with Crippen LogP contribution in [-0.2, 0) is 6.61 Å². The number of rotatable bonds is 3. The van der Waals surface area contributed by atoms with Crippen molar-refractivity contribution in [2.75, 3.05) is 18.5 Å². The highest BCUT2D eigenvalue weighted by atomic mass is 16.3. The van der Waals surface area contributed by atoms with Crippen molar-refractivity contribution in [3.8, 4) is 0 Å². The smallest absolute Gasteiger partial charge is 0.0681 e. The second-order valence-corrected chi connectivity index (χ2v) is 2.84. The number of hydrogen-bond donors (Lipinski definition) is 1. The van der Waals surface area contributed by atoms with Crippen LogP contribution >= 0.6 is 0 Å². The van der Waals surface area contributed by atoms with Crippen molar-refractivity contribution in [1.82, 2.24) is 0 Å². The van der Waals surface area contributed by atoms with Crippen molar-refractivity contribution < 1.29 is 5.11 Å². The van der Waals surface area contributed by atoms with Crippen LogP contribution in [0.3, 0.4) is 0 Å². The lowest BCUT2D eigenvalue weighted by Crippen LogP contribution is -2.15. The summed E-state index contributed by atoms with van der Waals surface area (Å²) in [6, 6.07) is 7.94. The van der Waals surface area contributed by atoms with Gasteiger partial charge in [0.15, 0.2) is 0 Å². The molecule has 1 aromatic carbocycles. The molecule has 0 radical (unpaired) electrons. The Bertz CT molecular complexity index is 230. The minimum Gasteiger partial charge on any atom is -0.392 e. The number of benzene rings is 1. The minimum absolute atomic E-state index is 0.121. The van der Waals surface area contributed by atoms with Crippen molar-refractivity contribution in [2.24, 2.45) is 0 Å². The molecule has 0 aliphatic carbocycles. The summed E-state index contributed by atoms with van der Waals surface area (Å²) in [6.45, 7) is 3.23. The second-order valence-electron chi connectivity index (χ2n) is 2.84. The van der Waals surface area contributed by atoms with Gasteiger partial charge in [0.2, 0.25) is 0 Å². The Morgan fingerprint density at radius 1 is 1.25 bits per heavy atom. The first-order valence-corrected chi connectivity index (χ1v) is 4.19. The molecule has 0 saturated carbocycles. The Kier molecular flexibility index (Phi) is 3.11. The molecule has 66 valence electrons. The number of hydrogen-bond acceptors (Lipinski definition) is 2. The molecule has 1 N–H and O–H groups in total. The average Bonchev–Trinajstić information content (AvgIpc) is 2.17. The fraction of sp³-hybridized carbons (Fsp3) is 0.400. The third kappa shape index (κ3) is 1.98. The predicted octanol–water partition coefficient (Wildman–Crippen LogP) is 1.64. The van der Waals surface area contributed by atoms with E-state index < -0.39 is 0 Å². The molecule has 12 heavy (non-hydrogen) atoms. The molecule has 0 saturated heterocycles. The number of aliphatic hydroxyl groups is 1. The summed E-state index contributed by atoms with van der Waals surface area (Å²) in [5, 5.41) is 8.81. The van der Waals surface area contributed by atoms with E-state index in [-0.39, 0.29) is 6.61 Å². The molecule has 0 unspecified atom stereocenters. The van der Waals surface area contributed by atoms with E-state index in [1.807, 2.05) is 31.3 Å². The summed E-state index contributed by atoms with van der Waals surface area (Å²) in [7, 11) is 2.05. The largest absolute Gasteiger partial charge is 0.392 e. The standard InChI is InChI=1S/C10H15NO/c1-3-11(2)10-6-4-9(8-12)5-7-10/h4-7,12H,3,8H2,1-2H3. The first-order chi connectivity index (χ1) is 5.77. The van der Waals surface area contributed by atoms with E-state index in [0.29, 0.717) is 0 Å². The molecular weight excluding hydrogens is 150 g/mol. The summed E-state index contributed by atoms with van der Waals surface area (Å²) < 4.78 is 0. The van der Waals surface area contributed by atoms with Crippen molar-refractivity contribution in [1.29, 1.82) is 0 Å². The monoisotopic (exact) mass is 165 g/mol. The van der Waals surface area contributed by atoms with E-state index in [2.05, 4.69) is 11.8 Å². The fourth-order valence-corrected chi connectivity index (χ4v) is 1.04. The first-order valence-electron chi connectivity index (χ1n) is 4.19. The Hall–Kier alpha value is -1.02. The maximum atomic E-state index is 8.81. The number of aliphatic hydroxyl groups excluding tert-OH is 1. The molecule has 0 atom stereocenters. The van der Waals surface area contributed by atoms with Gasteiger partial charge in [0.25, 0.3) is 0 Å². The van der Waals surface area contributed by atoms with Gasteiger partial charge >= 0.3 is 0 Å². The van der Waals surface area contributed by atoms with E-state index >= 15 is 0 Å². The molecule has 0 amide bonds. The SMILES string of the molecule is CCN(C)c1ccc(CO)cc1. The molecule has 1 rings (SSSR count). The number of anilines is 1. The molecule has 0 aliphatic rings. The van der Waals surface area contributed by atoms with Gasteiger partial charge in [-0.1, -0.05) is 12.1 Å². The molecule has 0 aromatic heterocycles. The molecule has 2 nitrogen and oxygen atoms in total. The van der Waals surface area contributed by atoms with Crippen LogP contribution in [0, 0.1) is 0 Å². The van der Waals surface area contributed by atoms with Crippen LogP contribution in [0.5, 0.6) is 0 Å². The molecule has 0 spiro atoms. The quantitative estimate of drug-likeness (QED) is 0.736. The summed E-state index contributed by atoms with van der Waals surface area (Å²) in [5.41, 5.74) is 2.15. The van der Waals surface area contributed by atoms with Gasteiger partial charge in [-0.15, -0.1) is 0 Å². The average molecular weight is 165 g/mol. The second kappa shape index (κ2) is 4.12. The highest BCUT2D eigenvalue weighted by molar-refractivity contribution is 5.46. The fourth-order valence-electron chi connectivity index (χ4n) is 1.04. The van der Waals surface area contributed by atoms with E-state index in [0.717, 1.165) is 12.1 Å². The molecule has 0 heterocycles. The maximum Gasteiger partial charge on any atom is 0.0681 e. The third-order valence-corrected chi connectivity index (χ3v) is 2.03. The van der Waals surface area contributed by atoms with Crippen molar-refractivity contribution >= 4 is 5.69 Å². The third-order valence-electron chi connectivity index (χ3n) is 2.03. The number of nitrogens with zero attached hydrogens (tertiary/aromatic N) is 1. The first kappa shape index (κ1) is 9.07. The molecule has 0 aliphatic heterocycles. The van der Waals surface area contributed by atoms with Gasteiger partial charge in [-0.3, -0.25) is 0 Å². The van der Waals surface area contributed by atoms with Gasteiger partial charge in [-0.05, 0) is 24.6 Å². The Morgan fingerprint density at radius 2 is 1.83 bits per heavy atom. The van der Waals surface area contributed by atoms with Gasteiger partial charge < -0.3 is 10.0 Å². The zero-order chi connectivity index (χ0) is 8.97. The lowest BCUT2D eigenvalue weighted by molar-refractivity contribution is 0.282. The van der Waals surface area contributed by atoms with Crippen LogP contribution in [0.25, 0.3) is 0 Å². The van der Waals surface area contributed by atoms with E-state index in [9.17, 15) is 0 Å². The van der Waals surface area contributed by atoms with Crippen LogP contribution in [-0.4, -0.2) is 18.7 Å². The van der Waals surface area contributed by atoms with Crippen LogP contribution in [0.15, 0.2) is 24.3 Å². The van der Waals surface area contributed by atoms with Crippen LogP contribution in [0.4, 0.5) is 5.69 Å². The van der Waals surface area contributed by atoms with Crippen molar-refractivity contribution in [3.63, 3.8) is 0 Å². The summed E-state index contributed by atoms with van der Waals surface area (Å²) in [5.74, 6) is 0. The van der Waals surface area contributed by atoms with Crippen LogP contribution < -0.4 is 4.90 Å². The van der Waals surface area contributed by atoms with Crippen molar-refractivity contribution in [3.05, 3.63) is 29.8 Å². The van der Waals surface area contributed by atoms with Gasteiger partial charge in [0.1, 0.15) is 0 Å². The van der Waals surface area contributed by atoms with Gasteiger partial charge in [-0.2, -0.15) is 0 Å². The van der Waals surface area contributed by atoms with Crippen molar-refractivity contribution in [2.45, 2.75) is 13.5 Å². The van der Waals surface area contributed by atoms with Crippen LogP contribution in [0.2, 0.25) is 0 Å². The maximum absolute atomic E-state index is 8.81. The predicted molar refractivity (Wildman–Crippen MR) is 51.3 cm³/mol. The zero-order valence-electron chi connectivity index (χ0n) is 7.62. The molecular formula is C10H15NO. The van der Waals surface area contributed by atoms with Gasteiger partial charge in [-0.25, -0.2) is 0 Å².